The van der Waals surface area contributed by atoms with Crippen molar-refractivity contribution in [3.63, 3.8) is 0 Å². The molecule has 0 spiro atoms. The van der Waals surface area contributed by atoms with Crippen LogP contribution in [0.5, 0.6) is 0 Å². The lowest BCUT2D eigenvalue weighted by Crippen LogP contribution is -2.02. The molecule has 2 aromatic heterocycles. The molecule has 0 bridgehead atoms. The van der Waals surface area contributed by atoms with Gasteiger partial charge in [0.15, 0.2) is 17.5 Å². The van der Waals surface area contributed by atoms with Crippen LogP contribution in [0.4, 0.5) is 0 Å². The van der Waals surface area contributed by atoms with E-state index in [1.165, 1.54) is 41.9 Å². The maximum atomic E-state index is 5.37. The van der Waals surface area contributed by atoms with E-state index in [0.717, 1.165) is 38.4 Å². The Balaban J connectivity index is 1.28. The topological polar surface area (TPSA) is 38.7 Å². The molecule has 10 rings (SSSR count). The Morgan fingerprint density at radius 1 is 0.347 bits per heavy atom. The minimum absolute atomic E-state index is 0.650. The summed E-state index contributed by atoms with van der Waals surface area (Å²) >= 11 is 1.84. The molecule has 0 N–H and O–H groups in total. The van der Waals surface area contributed by atoms with E-state index in [4.69, 9.17) is 15.0 Å². The summed E-state index contributed by atoms with van der Waals surface area (Å²) in [5.41, 5.74) is 5.22. The molecule has 0 radical (unpaired) electrons. The lowest BCUT2D eigenvalue weighted by Gasteiger charge is -2.15. The van der Waals surface area contributed by atoms with Crippen molar-refractivity contribution in [1.29, 1.82) is 0 Å². The Morgan fingerprint density at radius 2 is 0.980 bits per heavy atom. The zero-order chi connectivity index (χ0) is 32.3. The quantitative estimate of drug-likeness (QED) is 0.142. The van der Waals surface area contributed by atoms with Crippen LogP contribution >= 0.6 is 11.3 Å². The van der Waals surface area contributed by atoms with Crippen molar-refractivity contribution in [2.75, 3.05) is 0 Å². The number of hydrogen-bond acceptors (Lipinski definition) is 4. The van der Waals surface area contributed by atoms with Crippen LogP contribution in [0.1, 0.15) is 0 Å². The third-order valence-corrected chi connectivity index (χ3v) is 10.7. The first-order valence-electron chi connectivity index (χ1n) is 16.5. The van der Waals surface area contributed by atoms with Gasteiger partial charge in [0, 0.05) is 42.4 Å². The van der Waals surface area contributed by atoms with E-state index in [-0.39, 0.29) is 0 Å². The summed E-state index contributed by atoms with van der Waals surface area (Å²) in [7, 11) is 0. The van der Waals surface area contributed by atoms with Gasteiger partial charge in [-0.15, -0.1) is 11.3 Å². The molecule has 228 valence electrons. The average Bonchev–Trinajstić information content (AvgIpc) is 3.56. The number of aromatic nitrogens is 3. The van der Waals surface area contributed by atoms with Gasteiger partial charge in [0.2, 0.25) is 0 Å². The zero-order valence-electron chi connectivity index (χ0n) is 26.3. The van der Waals surface area contributed by atoms with Crippen LogP contribution in [-0.2, 0) is 0 Å². The highest BCUT2D eigenvalue weighted by Crippen LogP contribution is 2.43. The van der Waals surface area contributed by atoms with E-state index >= 15 is 0 Å². The number of benzene rings is 8. The van der Waals surface area contributed by atoms with Crippen molar-refractivity contribution < 1.29 is 0 Å². The van der Waals surface area contributed by atoms with Gasteiger partial charge < -0.3 is 0 Å². The minimum atomic E-state index is 0.650. The molecule has 0 saturated carbocycles. The molecular formula is C45H27N3S. The summed E-state index contributed by atoms with van der Waals surface area (Å²) in [4.78, 5) is 15.8. The van der Waals surface area contributed by atoms with Gasteiger partial charge in [-0.3, -0.25) is 0 Å². The summed E-state index contributed by atoms with van der Waals surface area (Å²) in [6.45, 7) is 0. The Morgan fingerprint density at radius 3 is 1.86 bits per heavy atom. The monoisotopic (exact) mass is 641 g/mol. The normalized spacial score (nSPS) is 11.7. The van der Waals surface area contributed by atoms with Gasteiger partial charge in [0.25, 0.3) is 0 Å². The molecule has 2 heterocycles. The summed E-state index contributed by atoms with van der Waals surface area (Å²) in [6.07, 6.45) is 0. The van der Waals surface area contributed by atoms with E-state index in [1.54, 1.807) is 0 Å². The first-order valence-corrected chi connectivity index (χ1v) is 17.3. The van der Waals surface area contributed by atoms with Crippen molar-refractivity contribution in [3.8, 4) is 45.3 Å². The molecule has 0 unspecified atom stereocenters. The molecule has 0 saturated heterocycles. The van der Waals surface area contributed by atoms with E-state index in [1.807, 2.05) is 29.5 Å². The Bertz CT molecular complexity index is 2890. The van der Waals surface area contributed by atoms with Gasteiger partial charge in [-0.05, 0) is 50.0 Å². The third kappa shape index (κ3) is 4.53. The lowest BCUT2D eigenvalue weighted by molar-refractivity contribution is 1.08. The fourth-order valence-corrected chi connectivity index (χ4v) is 8.49. The summed E-state index contributed by atoms with van der Waals surface area (Å²) in [5.74, 6) is 1.97. The average molecular weight is 642 g/mol. The molecule has 10 aromatic rings. The van der Waals surface area contributed by atoms with Crippen molar-refractivity contribution in [1.82, 2.24) is 15.0 Å². The van der Waals surface area contributed by atoms with E-state index in [2.05, 4.69) is 146 Å². The molecular weight excluding hydrogens is 615 g/mol. The second-order valence-corrected chi connectivity index (χ2v) is 13.4. The van der Waals surface area contributed by atoms with E-state index in [9.17, 15) is 0 Å². The molecule has 4 heteroatoms. The van der Waals surface area contributed by atoms with E-state index in [0.29, 0.717) is 17.5 Å². The number of rotatable bonds is 4. The van der Waals surface area contributed by atoms with Crippen molar-refractivity contribution >= 4 is 63.8 Å². The standard InChI is InChI=1S/C45H27N3S/c1-2-14-29(15-3-1)43-46-44(38-21-9-8-19-33(38)36-22-12-23-37-34-20-10-11-24-40(34)49-42(36)37)48-45(47-43)41-32-18-7-5-16-30(32)27-39-31-17-6-4-13-28(31)25-26-35(39)41/h1-27H. The Hall–Kier alpha value is -6.23. The molecule has 0 aliphatic heterocycles. The second-order valence-electron chi connectivity index (χ2n) is 12.4. The maximum Gasteiger partial charge on any atom is 0.165 e. The van der Waals surface area contributed by atoms with Gasteiger partial charge in [0.05, 0.1) is 0 Å². The summed E-state index contributed by atoms with van der Waals surface area (Å²) < 4.78 is 2.55. The van der Waals surface area contributed by atoms with Crippen molar-refractivity contribution in [3.05, 3.63) is 164 Å². The van der Waals surface area contributed by atoms with Crippen LogP contribution in [0, 0.1) is 0 Å². The molecule has 0 amide bonds. The molecule has 8 aromatic carbocycles. The smallest absolute Gasteiger partial charge is 0.165 e. The van der Waals surface area contributed by atoms with Crippen LogP contribution in [0.15, 0.2) is 164 Å². The Labute approximate surface area is 286 Å². The zero-order valence-corrected chi connectivity index (χ0v) is 27.2. The fraction of sp³-hybridized carbons (Fsp3) is 0. The third-order valence-electron chi connectivity index (χ3n) is 9.52. The highest BCUT2D eigenvalue weighted by Gasteiger charge is 2.20. The lowest BCUT2D eigenvalue weighted by atomic mass is 9.93. The number of hydrogen-bond donors (Lipinski definition) is 0. The highest BCUT2D eigenvalue weighted by atomic mass is 32.1. The number of nitrogens with zero attached hydrogens (tertiary/aromatic N) is 3. The highest BCUT2D eigenvalue weighted by molar-refractivity contribution is 7.26. The number of fused-ring (bicyclic) bond motifs is 7. The Kier molecular flexibility index (Phi) is 6.36. The van der Waals surface area contributed by atoms with Gasteiger partial charge in [-0.2, -0.15) is 0 Å². The second kappa shape index (κ2) is 11.2. The molecule has 3 nitrogen and oxygen atoms in total. The first kappa shape index (κ1) is 27.8. The predicted molar refractivity (Wildman–Crippen MR) is 207 cm³/mol. The SMILES string of the molecule is c1ccc(-c2nc(-c3ccccc3-c3cccc4c3sc3ccccc34)nc(-c3c4ccccc4cc4c3ccc3ccccc34)n2)cc1. The largest absolute Gasteiger partial charge is 0.208 e. The fourth-order valence-electron chi connectivity index (χ4n) is 7.26. The first-order chi connectivity index (χ1) is 24.3. The van der Waals surface area contributed by atoms with Gasteiger partial charge in [-0.25, -0.2) is 15.0 Å². The van der Waals surface area contributed by atoms with Crippen LogP contribution < -0.4 is 0 Å². The molecule has 0 aliphatic carbocycles. The molecule has 0 atom stereocenters. The van der Waals surface area contributed by atoms with Crippen LogP contribution in [-0.4, -0.2) is 15.0 Å². The van der Waals surface area contributed by atoms with Crippen molar-refractivity contribution in [2.45, 2.75) is 0 Å². The molecule has 0 fully saturated rings. The van der Waals surface area contributed by atoms with Crippen LogP contribution in [0.3, 0.4) is 0 Å². The van der Waals surface area contributed by atoms with Gasteiger partial charge in [-0.1, -0.05) is 152 Å². The van der Waals surface area contributed by atoms with Crippen LogP contribution in [0.25, 0.3) is 97.8 Å². The van der Waals surface area contributed by atoms with E-state index < -0.39 is 0 Å². The molecule has 0 aliphatic rings. The molecule has 49 heavy (non-hydrogen) atoms. The summed E-state index contributed by atoms with van der Waals surface area (Å²) in [5, 5.41) is 9.55. The van der Waals surface area contributed by atoms with Crippen molar-refractivity contribution in [2.24, 2.45) is 0 Å². The van der Waals surface area contributed by atoms with Crippen LogP contribution in [0.2, 0.25) is 0 Å². The predicted octanol–water partition coefficient (Wildman–Crippen LogP) is 12.4. The number of thiophene rings is 1. The summed E-state index contributed by atoms with van der Waals surface area (Å²) in [6, 6.07) is 57.9. The van der Waals surface area contributed by atoms with Gasteiger partial charge >= 0.3 is 0 Å². The minimum Gasteiger partial charge on any atom is -0.208 e. The van der Waals surface area contributed by atoms with Gasteiger partial charge in [0.1, 0.15) is 0 Å². The maximum absolute atomic E-state index is 5.37.